The minimum Gasteiger partial charge on any atom is -0.494 e. The lowest BCUT2D eigenvalue weighted by atomic mass is 10.1. The Morgan fingerprint density at radius 3 is 1.95 bits per heavy atom. The van der Waals surface area contributed by atoms with Crippen LogP contribution in [0.15, 0.2) is 48.5 Å². The molecular formula is C16H15NO3. The van der Waals surface area contributed by atoms with Crippen molar-refractivity contribution in [2.24, 2.45) is 0 Å². The fraction of sp³-hybridized carbons (Fsp3) is 0.125. The van der Waals surface area contributed by atoms with Crippen LogP contribution >= 0.6 is 0 Å². The van der Waals surface area contributed by atoms with E-state index in [9.17, 15) is 10.1 Å². The van der Waals surface area contributed by atoms with E-state index in [2.05, 4.69) is 0 Å². The lowest BCUT2D eigenvalue weighted by Crippen LogP contribution is -1.90. The van der Waals surface area contributed by atoms with Crippen molar-refractivity contribution in [1.29, 1.82) is 0 Å². The Bertz CT molecular complexity index is 601. The maximum absolute atomic E-state index is 10.6. The predicted octanol–water partition coefficient (Wildman–Crippen LogP) is 4.16. The van der Waals surface area contributed by atoms with E-state index in [-0.39, 0.29) is 5.69 Å². The molecule has 0 aliphatic heterocycles. The molecule has 0 aliphatic rings. The van der Waals surface area contributed by atoms with Crippen molar-refractivity contribution in [1.82, 2.24) is 0 Å². The molecule has 2 aromatic rings. The first-order chi connectivity index (χ1) is 9.69. The van der Waals surface area contributed by atoms with E-state index in [0.717, 1.165) is 16.9 Å². The van der Waals surface area contributed by atoms with E-state index in [1.54, 1.807) is 12.1 Å². The summed E-state index contributed by atoms with van der Waals surface area (Å²) in [4.78, 5) is 10.1. The molecule has 0 atom stereocenters. The third-order valence-corrected chi connectivity index (χ3v) is 2.76. The van der Waals surface area contributed by atoms with Crippen molar-refractivity contribution >= 4 is 17.8 Å². The second-order valence-corrected chi connectivity index (χ2v) is 4.18. The molecule has 0 fully saturated rings. The molecule has 0 N–H and O–H groups in total. The van der Waals surface area contributed by atoms with Crippen molar-refractivity contribution in [3.8, 4) is 5.75 Å². The van der Waals surface area contributed by atoms with Crippen LogP contribution in [0.5, 0.6) is 5.75 Å². The number of hydrogen-bond donors (Lipinski definition) is 0. The van der Waals surface area contributed by atoms with Crippen LogP contribution in [-0.4, -0.2) is 11.5 Å². The second-order valence-electron chi connectivity index (χ2n) is 4.18. The molecule has 20 heavy (non-hydrogen) atoms. The Morgan fingerprint density at radius 2 is 1.50 bits per heavy atom. The SMILES string of the molecule is CCOc1ccc(/C=C/c2ccc([N+](=O)[O-])cc2)cc1. The first kappa shape index (κ1) is 13.8. The number of ether oxygens (including phenoxy) is 1. The quantitative estimate of drug-likeness (QED) is 0.465. The molecule has 4 nitrogen and oxygen atoms in total. The van der Waals surface area contributed by atoms with E-state index < -0.39 is 4.92 Å². The summed E-state index contributed by atoms with van der Waals surface area (Å²) in [6.45, 7) is 2.60. The summed E-state index contributed by atoms with van der Waals surface area (Å²) in [5, 5.41) is 10.6. The summed E-state index contributed by atoms with van der Waals surface area (Å²) in [5.74, 6) is 0.847. The van der Waals surface area contributed by atoms with E-state index >= 15 is 0 Å². The highest BCUT2D eigenvalue weighted by molar-refractivity contribution is 5.70. The first-order valence-corrected chi connectivity index (χ1v) is 6.34. The van der Waals surface area contributed by atoms with Gasteiger partial charge in [0.2, 0.25) is 0 Å². The second kappa shape index (κ2) is 6.52. The van der Waals surface area contributed by atoms with Gasteiger partial charge >= 0.3 is 0 Å². The van der Waals surface area contributed by atoms with Crippen molar-refractivity contribution in [3.05, 3.63) is 69.8 Å². The summed E-state index contributed by atoms with van der Waals surface area (Å²) in [6, 6.07) is 14.2. The summed E-state index contributed by atoms with van der Waals surface area (Å²) < 4.78 is 5.37. The highest BCUT2D eigenvalue weighted by atomic mass is 16.6. The number of rotatable bonds is 5. The van der Waals surface area contributed by atoms with Gasteiger partial charge in [0.15, 0.2) is 0 Å². The minimum atomic E-state index is -0.403. The van der Waals surface area contributed by atoms with Gasteiger partial charge in [-0.15, -0.1) is 0 Å². The largest absolute Gasteiger partial charge is 0.494 e. The number of non-ortho nitro benzene ring substituents is 1. The molecule has 0 aromatic heterocycles. The molecule has 0 aliphatic carbocycles. The van der Waals surface area contributed by atoms with Crippen LogP contribution in [0.2, 0.25) is 0 Å². The van der Waals surface area contributed by atoms with Crippen molar-refractivity contribution < 1.29 is 9.66 Å². The number of hydrogen-bond acceptors (Lipinski definition) is 3. The van der Waals surface area contributed by atoms with Crippen LogP contribution in [-0.2, 0) is 0 Å². The van der Waals surface area contributed by atoms with Crippen LogP contribution in [0.3, 0.4) is 0 Å². The zero-order valence-corrected chi connectivity index (χ0v) is 11.2. The van der Waals surface area contributed by atoms with Gasteiger partial charge in [-0.3, -0.25) is 10.1 Å². The average Bonchev–Trinajstić information content (AvgIpc) is 2.47. The van der Waals surface area contributed by atoms with Crippen molar-refractivity contribution in [2.75, 3.05) is 6.61 Å². The maximum atomic E-state index is 10.6. The number of benzene rings is 2. The van der Waals surface area contributed by atoms with Gasteiger partial charge in [-0.1, -0.05) is 24.3 Å². The van der Waals surface area contributed by atoms with E-state index in [0.29, 0.717) is 6.61 Å². The summed E-state index contributed by atoms with van der Waals surface area (Å²) in [5.41, 5.74) is 2.07. The Hall–Kier alpha value is -2.62. The molecule has 102 valence electrons. The smallest absolute Gasteiger partial charge is 0.269 e. The van der Waals surface area contributed by atoms with Gasteiger partial charge in [-0.25, -0.2) is 0 Å². The predicted molar refractivity (Wildman–Crippen MR) is 79.6 cm³/mol. The van der Waals surface area contributed by atoms with Gasteiger partial charge in [0.05, 0.1) is 11.5 Å². The fourth-order valence-corrected chi connectivity index (χ4v) is 1.74. The van der Waals surface area contributed by atoms with Crippen LogP contribution in [0.4, 0.5) is 5.69 Å². The van der Waals surface area contributed by atoms with E-state index in [1.807, 2.05) is 43.3 Å². The van der Waals surface area contributed by atoms with Crippen LogP contribution in [0.1, 0.15) is 18.1 Å². The van der Waals surface area contributed by atoms with Crippen molar-refractivity contribution in [3.63, 3.8) is 0 Å². The molecule has 0 heterocycles. The Morgan fingerprint density at radius 1 is 1.00 bits per heavy atom. The first-order valence-electron chi connectivity index (χ1n) is 6.34. The third-order valence-electron chi connectivity index (χ3n) is 2.76. The van der Waals surface area contributed by atoms with Gasteiger partial charge in [0, 0.05) is 12.1 Å². The molecule has 0 bridgehead atoms. The molecule has 0 spiro atoms. The molecule has 2 rings (SSSR count). The van der Waals surface area contributed by atoms with Crippen molar-refractivity contribution in [2.45, 2.75) is 6.92 Å². The Balaban J connectivity index is 2.06. The monoisotopic (exact) mass is 269 g/mol. The third kappa shape index (κ3) is 3.68. The van der Waals surface area contributed by atoms with Gasteiger partial charge in [0.25, 0.3) is 5.69 Å². The summed E-state index contributed by atoms with van der Waals surface area (Å²) in [6.07, 6.45) is 3.87. The number of nitro benzene ring substituents is 1. The summed E-state index contributed by atoms with van der Waals surface area (Å²) >= 11 is 0. The highest BCUT2D eigenvalue weighted by Gasteiger charge is 2.02. The van der Waals surface area contributed by atoms with Gasteiger partial charge in [-0.2, -0.15) is 0 Å². The Labute approximate surface area is 117 Å². The zero-order valence-electron chi connectivity index (χ0n) is 11.2. The maximum Gasteiger partial charge on any atom is 0.269 e. The molecular weight excluding hydrogens is 254 g/mol. The highest BCUT2D eigenvalue weighted by Crippen LogP contribution is 2.16. The summed E-state index contributed by atoms with van der Waals surface area (Å²) in [7, 11) is 0. The normalized spacial score (nSPS) is 10.7. The lowest BCUT2D eigenvalue weighted by Gasteiger charge is -2.02. The fourth-order valence-electron chi connectivity index (χ4n) is 1.74. The molecule has 4 heteroatoms. The van der Waals surface area contributed by atoms with E-state index in [4.69, 9.17) is 4.74 Å². The topological polar surface area (TPSA) is 52.4 Å². The molecule has 2 aromatic carbocycles. The van der Waals surface area contributed by atoms with Crippen LogP contribution < -0.4 is 4.74 Å². The van der Waals surface area contributed by atoms with Gasteiger partial charge < -0.3 is 4.74 Å². The Kier molecular flexibility index (Phi) is 4.50. The molecule has 0 saturated heterocycles. The zero-order chi connectivity index (χ0) is 14.4. The average molecular weight is 269 g/mol. The lowest BCUT2D eigenvalue weighted by molar-refractivity contribution is -0.384. The number of nitrogens with zero attached hydrogens (tertiary/aromatic N) is 1. The molecule has 0 radical (unpaired) electrons. The molecule has 0 amide bonds. The van der Waals surface area contributed by atoms with Gasteiger partial charge in [-0.05, 0) is 42.3 Å². The standard InChI is InChI=1S/C16H15NO3/c1-2-20-16-11-7-14(8-12-16)4-3-13-5-9-15(10-6-13)17(18)19/h3-12H,2H2,1H3/b4-3+. The number of nitro groups is 1. The molecule has 0 unspecified atom stereocenters. The molecule has 0 saturated carbocycles. The minimum absolute atomic E-state index is 0.100. The van der Waals surface area contributed by atoms with Gasteiger partial charge in [0.1, 0.15) is 5.75 Å². The van der Waals surface area contributed by atoms with Crippen LogP contribution in [0, 0.1) is 10.1 Å². The van der Waals surface area contributed by atoms with Crippen LogP contribution in [0.25, 0.3) is 12.2 Å². The van der Waals surface area contributed by atoms with E-state index in [1.165, 1.54) is 12.1 Å².